The van der Waals surface area contributed by atoms with Crippen LogP contribution in [0.1, 0.15) is 11.1 Å². The minimum absolute atomic E-state index is 0.00701. The summed E-state index contributed by atoms with van der Waals surface area (Å²) in [7, 11) is 0. The van der Waals surface area contributed by atoms with Gasteiger partial charge in [-0.25, -0.2) is 4.39 Å². The quantitative estimate of drug-likeness (QED) is 0.791. The van der Waals surface area contributed by atoms with E-state index in [-0.39, 0.29) is 21.8 Å². The molecule has 21 heavy (non-hydrogen) atoms. The molecule has 0 bridgehead atoms. The molecule has 0 heterocycles. The SMILES string of the molecule is NC(=S)c1ccc(Oc2ccccc2CCO)c(F)c1Br. The summed E-state index contributed by atoms with van der Waals surface area (Å²) in [5, 5.41) is 9.04. The van der Waals surface area contributed by atoms with Crippen LogP contribution < -0.4 is 10.5 Å². The number of ether oxygens (including phenoxy) is 1. The van der Waals surface area contributed by atoms with E-state index < -0.39 is 5.82 Å². The maximum Gasteiger partial charge on any atom is 0.180 e. The summed E-state index contributed by atoms with van der Waals surface area (Å²) >= 11 is 7.98. The highest BCUT2D eigenvalue weighted by Gasteiger charge is 2.15. The summed E-state index contributed by atoms with van der Waals surface area (Å²) in [5.74, 6) is -0.00760. The van der Waals surface area contributed by atoms with Gasteiger partial charge in [-0.15, -0.1) is 0 Å². The Hall–Kier alpha value is -1.50. The van der Waals surface area contributed by atoms with Gasteiger partial charge in [0.25, 0.3) is 0 Å². The Labute approximate surface area is 135 Å². The van der Waals surface area contributed by atoms with E-state index in [0.717, 1.165) is 5.56 Å². The van der Waals surface area contributed by atoms with Crippen molar-refractivity contribution in [3.63, 3.8) is 0 Å². The van der Waals surface area contributed by atoms with Gasteiger partial charge in [0.05, 0.1) is 4.47 Å². The second-order valence-electron chi connectivity index (χ2n) is 4.29. The van der Waals surface area contributed by atoms with Crippen molar-refractivity contribution in [2.45, 2.75) is 6.42 Å². The number of nitrogens with two attached hydrogens (primary N) is 1. The zero-order valence-corrected chi connectivity index (χ0v) is 13.4. The van der Waals surface area contributed by atoms with Crippen LogP contribution in [0.5, 0.6) is 11.5 Å². The first-order valence-electron chi connectivity index (χ1n) is 6.19. The fourth-order valence-corrected chi connectivity index (χ4v) is 2.69. The maximum absolute atomic E-state index is 14.3. The topological polar surface area (TPSA) is 55.5 Å². The second-order valence-corrected chi connectivity index (χ2v) is 5.52. The van der Waals surface area contributed by atoms with E-state index in [4.69, 9.17) is 27.8 Å². The van der Waals surface area contributed by atoms with Crippen molar-refractivity contribution in [3.05, 3.63) is 57.8 Å². The average molecular weight is 370 g/mol. The molecule has 2 aromatic rings. The molecule has 0 unspecified atom stereocenters. The maximum atomic E-state index is 14.3. The molecule has 0 aliphatic heterocycles. The number of thiocarbonyl (C=S) groups is 1. The first-order valence-corrected chi connectivity index (χ1v) is 7.39. The predicted molar refractivity (Wildman–Crippen MR) is 87.3 cm³/mol. The Morgan fingerprint density at radius 3 is 2.62 bits per heavy atom. The molecule has 0 aromatic heterocycles. The van der Waals surface area contributed by atoms with Crippen molar-refractivity contribution in [1.82, 2.24) is 0 Å². The van der Waals surface area contributed by atoms with Crippen LogP contribution in [-0.2, 0) is 6.42 Å². The molecule has 6 heteroatoms. The average Bonchev–Trinajstić information content (AvgIpc) is 2.46. The molecular weight excluding hydrogens is 357 g/mol. The summed E-state index contributed by atoms with van der Waals surface area (Å²) in [6.45, 7) is -0.00701. The minimum Gasteiger partial charge on any atom is -0.454 e. The lowest BCUT2D eigenvalue weighted by Crippen LogP contribution is -2.11. The van der Waals surface area contributed by atoms with Gasteiger partial charge >= 0.3 is 0 Å². The van der Waals surface area contributed by atoms with Crippen molar-refractivity contribution in [2.24, 2.45) is 5.73 Å². The van der Waals surface area contributed by atoms with Gasteiger partial charge in [-0.1, -0.05) is 30.4 Å². The van der Waals surface area contributed by atoms with Crippen LogP contribution in [0.15, 0.2) is 40.9 Å². The minimum atomic E-state index is -0.570. The van der Waals surface area contributed by atoms with E-state index >= 15 is 0 Å². The lowest BCUT2D eigenvalue weighted by Gasteiger charge is -2.13. The highest BCUT2D eigenvalue weighted by atomic mass is 79.9. The van der Waals surface area contributed by atoms with Crippen LogP contribution in [-0.4, -0.2) is 16.7 Å². The molecule has 0 aliphatic carbocycles. The molecule has 2 aromatic carbocycles. The van der Waals surface area contributed by atoms with Crippen LogP contribution >= 0.6 is 28.1 Å². The summed E-state index contributed by atoms with van der Waals surface area (Å²) in [5.41, 5.74) is 6.73. The molecular formula is C15H13BrFNO2S. The van der Waals surface area contributed by atoms with Gasteiger partial charge in [-0.2, -0.15) is 0 Å². The Morgan fingerprint density at radius 1 is 1.24 bits per heavy atom. The number of halogens is 2. The van der Waals surface area contributed by atoms with Gasteiger partial charge in [-0.05, 0) is 46.1 Å². The monoisotopic (exact) mass is 369 g/mol. The number of aliphatic hydroxyl groups is 1. The highest BCUT2D eigenvalue weighted by molar-refractivity contribution is 9.10. The Kier molecular flexibility index (Phi) is 5.27. The summed E-state index contributed by atoms with van der Waals surface area (Å²) < 4.78 is 20.1. The van der Waals surface area contributed by atoms with Gasteiger partial charge in [0, 0.05) is 12.2 Å². The van der Waals surface area contributed by atoms with Crippen LogP contribution in [0.3, 0.4) is 0 Å². The standard InChI is InChI=1S/C15H13BrFNO2S/c16-13-10(15(18)21)5-6-12(14(13)17)20-11-4-2-1-3-9(11)7-8-19/h1-6,19H,7-8H2,(H2,18,21). The molecule has 2 rings (SSSR count). The molecule has 110 valence electrons. The Balaban J connectivity index is 2.37. The third-order valence-corrected chi connectivity index (χ3v) is 3.88. The summed E-state index contributed by atoms with van der Waals surface area (Å²) in [6, 6.07) is 10.2. The van der Waals surface area contributed by atoms with E-state index in [2.05, 4.69) is 15.9 Å². The van der Waals surface area contributed by atoms with Crippen molar-refractivity contribution in [2.75, 3.05) is 6.61 Å². The predicted octanol–water partition coefficient (Wildman–Crippen LogP) is 3.55. The third-order valence-electron chi connectivity index (χ3n) is 2.89. The Bertz CT molecular complexity index is 679. The molecule has 0 amide bonds. The smallest absolute Gasteiger partial charge is 0.180 e. The molecule has 0 aliphatic rings. The number of benzene rings is 2. The van der Waals surface area contributed by atoms with Crippen LogP contribution in [0, 0.1) is 5.82 Å². The normalized spacial score (nSPS) is 10.4. The molecule has 0 saturated carbocycles. The van der Waals surface area contributed by atoms with Crippen LogP contribution in [0.4, 0.5) is 4.39 Å². The molecule has 0 radical (unpaired) electrons. The number of para-hydroxylation sites is 1. The molecule has 3 nitrogen and oxygen atoms in total. The summed E-state index contributed by atoms with van der Waals surface area (Å²) in [6.07, 6.45) is 0.434. The number of hydrogen-bond donors (Lipinski definition) is 2. The number of rotatable bonds is 5. The molecule has 0 fully saturated rings. The first kappa shape index (κ1) is 15.9. The molecule has 3 N–H and O–H groups in total. The van der Waals surface area contributed by atoms with Gasteiger partial charge in [0.15, 0.2) is 11.6 Å². The van der Waals surface area contributed by atoms with E-state index in [1.807, 2.05) is 12.1 Å². The van der Waals surface area contributed by atoms with Crippen molar-refractivity contribution in [3.8, 4) is 11.5 Å². The van der Waals surface area contributed by atoms with Crippen molar-refractivity contribution in [1.29, 1.82) is 0 Å². The van der Waals surface area contributed by atoms with E-state index in [0.29, 0.717) is 17.7 Å². The van der Waals surface area contributed by atoms with E-state index in [1.165, 1.54) is 6.07 Å². The lowest BCUT2D eigenvalue weighted by atomic mass is 10.1. The molecule has 0 atom stereocenters. The van der Waals surface area contributed by atoms with Crippen LogP contribution in [0.25, 0.3) is 0 Å². The van der Waals surface area contributed by atoms with E-state index in [1.54, 1.807) is 18.2 Å². The van der Waals surface area contributed by atoms with Gasteiger partial charge in [-0.3, -0.25) is 0 Å². The van der Waals surface area contributed by atoms with E-state index in [9.17, 15) is 4.39 Å². The first-order chi connectivity index (χ1) is 10.0. The zero-order valence-electron chi connectivity index (χ0n) is 11.0. The van der Waals surface area contributed by atoms with Gasteiger partial charge in [0.2, 0.25) is 0 Å². The number of aliphatic hydroxyl groups excluding tert-OH is 1. The number of hydrogen-bond acceptors (Lipinski definition) is 3. The summed E-state index contributed by atoms with van der Waals surface area (Å²) in [4.78, 5) is 0.105. The molecule has 0 spiro atoms. The molecule has 0 saturated heterocycles. The van der Waals surface area contributed by atoms with Crippen molar-refractivity contribution >= 4 is 33.1 Å². The van der Waals surface area contributed by atoms with Crippen LogP contribution in [0.2, 0.25) is 0 Å². The zero-order chi connectivity index (χ0) is 15.4. The Morgan fingerprint density at radius 2 is 1.95 bits per heavy atom. The van der Waals surface area contributed by atoms with Gasteiger partial charge < -0.3 is 15.6 Å². The largest absolute Gasteiger partial charge is 0.454 e. The third kappa shape index (κ3) is 3.58. The fourth-order valence-electron chi connectivity index (χ4n) is 1.85. The highest BCUT2D eigenvalue weighted by Crippen LogP contribution is 2.33. The lowest BCUT2D eigenvalue weighted by molar-refractivity contribution is 0.297. The fraction of sp³-hybridized carbons (Fsp3) is 0.133. The van der Waals surface area contributed by atoms with Crippen molar-refractivity contribution < 1.29 is 14.2 Å². The second kappa shape index (κ2) is 6.98. The van der Waals surface area contributed by atoms with Gasteiger partial charge in [0.1, 0.15) is 10.7 Å².